The van der Waals surface area contributed by atoms with Gasteiger partial charge in [0.1, 0.15) is 0 Å². The molecule has 0 saturated carbocycles. The molecule has 0 bridgehead atoms. The summed E-state index contributed by atoms with van der Waals surface area (Å²) in [6.07, 6.45) is -5.40. The number of halogens is 4. The van der Waals surface area contributed by atoms with Gasteiger partial charge in [-0.25, -0.2) is 0 Å². The summed E-state index contributed by atoms with van der Waals surface area (Å²) in [6.45, 7) is 2.40. The van der Waals surface area contributed by atoms with E-state index in [1.807, 2.05) is 7.05 Å². The Morgan fingerprint density at radius 1 is 1.47 bits per heavy atom. The minimum atomic E-state index is -4.20. The van der Waals surface area contributed by atoms with Gasteiger partial charge in [-0.15, -0.1) is 12.4 Å². The fourth-order valence-electron chi connectivity index (χ4n) is 1.85. The minimum Gasteiger partial charge on any atom is -0.339 e. The van der Waals surface area contributed by atoms with Crippen LogP contribution in [0.3, 0.4) is 0 Å². The molecule has 1 aromatic rings. The number of aryl methyl sites for hydroxylation is 1. The van der Waals surface area contributed by atoms with Gasteiger partial charge in [-0.1, -0.05) is 5.16 Å². The summed E-state index contributed by atoms with van der Waals surface area (Å²) in [5.74, 6) is 0.489. The first-order valence-corrected chi connectivity index (χ1v) is 5.76. The van der Waals surface area contributed by atoms with E-state index in [2.05, 4.69) is 20.4 Å². The molecule has 1 N–H and O–H groups in total. The fraction of sp³-hybridized carbons (Fsp3) is 0.800. The van der Waals surface area contributed by atoms with Gasteiger partial charge < -0.3 is 9.84 Å². The van der Waals surface area contributed by atoms with Crippen LogP contribution in [0.1, 0.15) is 24.2 Å². The minimum absolute atomic E-state index is 0. The molecule has 1 fully saturated rings. The van der Waals surface area contributed by atoms with Gasteiger partial charge in [-0.2, -0.15) is 18.2 Å². The van der Waals surface area contributed by atoms with E-state index in [0.29, 0.717) is 12.4 Å². The van der Waals surface area contributed by atoms with Gasteiger partial charge in [0.2, 0.25) is 5.89 Å². The Morgan fingerprint density at radius 2 is 2.21 bits per heavy atom. The van der Waals surface area contributed by atoms with Gasteiger partial charge in [0.25, 0.3) is 0 Å². The zero-order valence-electron chi connectivity index (χ0n) is 10.4. The van der Waals surface area contributed by atoms with Gasteiger partial charge in [0.05, 0.1) is 12.5 Å². The maximum atomic E-state index is 12.1. The molecule has 9 heteroatoms. The second-order valence-corrected chi connectivity index (χ2v) is 4.36. The summed E-state index contributed by atoms with van der Waals surface area (Å²) < 4.78 is 41.0. The highest BCUT2D eigenvalue weighted by atomic mass is 35.5. The van der Waals surface area contributed by atoms with Crippen LogP contribution in [-0.4, -0.2) is 47.9 Å². The van der Waals surface area contributed by atoms with E-state index in [9.17, 15) is 13.2 Å². The van der Waals surface area contributed by atoms with Crippen LogP contribution in [0.2, 0.25) is 0 Å². The second kappa shape index (κ2) is 6.53. The standard InChI is InChI=1S/C10H15F3N4O.ClH/c1-17-5-4-14-6-7(17)9-15-8(18-16-9)2-3-10(11,12)13;/h7,14H,2-6H2,1H3;1H. The molecule has 0 aromatic carbocycles. The number of nitrogens with zero attached hydrogens (tertiary/aromatic N) is 3. The molecule has 1 aliphatic rings. The van der Waals surface area contributed by atoms with Crippen molar-refractivity contribution in [2.45, 2.75) is 25.1 Å². The third-order valence-corrected chi connectivity index (χ3v) is 2.92. The number of likely N-dealkylation sites (N-methyl/N-ethyl adjacent to an activating group) is 1. The number of aromatic nitrogens is 2. The maximum absolute atomic E-state index is 12.1. The van der Waals surface area contributed by atoms with Crippen molar-refractivity contribution in [3.63, 3.8) is 0 Å². The average Bonchev–Trinajstić information content (AvgIpc) is 2.75. The maximum Gasteiger partial charge on any atom is 0.389 e. The summed E-state index contributed by atoms with van der Waals surface area (Å²) in [6, 6.07) is -0.0397. The molecule has 110 valence electrons. The molecule has 1 saturated heterocycles. The molecule has 1 atom stereocenters. The van der Waals surface area contributed by atoms with Gasteiger partial charge in [-0.3, -0.25) is 4.90 Å². The van der Waals surface area contributed by atoms with Gasteiger partial charge in [0, 0.05) is 26.1 Å². The summed E-state index contributed by atoms with van der Waals surface area (Å²) in [4.78, 5) is 6.08. The van der Waals surface area contributed by atoms with E-state index < -0.39 is 12.6 Å². The first kappa shape index (κ1) is 16.2. The van der Waals surface area contributed by atoms with Crippen LogP contribution in [0.25, 0.3) is 0 Å². The predicted molar refractivity (Wildman–Crippen MR) is 64.2 cm³/mol. The predicted octanol–water partition coefficient (Wildman–Crippen LogP) is 1.56. The molecule has 19 heavy (non-hydrogen) atoms. The first-order valence-electron chi connectivity index (χ1n) is 5.76. The van der Waals surface area contributed by atoms with E-state index >= 15 is 0 Å². The molecule has 0 radical (unpaired) electrons. The van der Waals surface area contributed by atoms with E-state index in [1.54, 1.807) is 0 Å². The average molecular weight is 301 g/mol. The van der Waals surface area contributed by atoms with E-state index in [-0.39, 0.29) is 30.8 Å². The molecular weight excluding hydrogens is 285 g/mol. The Balaban J connectivity index is 0.00000180. The summed E-state index contributed by atoms with van der Waals surface area (Å²) in [7, 11) is 1.93. The molecule has 1 aromatic heterocycles. The van der Waals surface area contributed by atoms with Crippen LogP contribution in [0.15, 0.2) is 4.52 Å². The third-order valence-electron chi connectivity index (χ3n) is 2.92. The number of piperazine rings is 1. The Morgan fingerprint density at radius 3 is 2.84 bits per heavy atom. The van der Waals surface area contributed by atoms with Crippen LogP contribution < -0.4 is 5.32 Å². The number of nitrogens with one attached hydrogen (secondary N) is 1. The second-order valence-electron chi connectivity index (χ2n) is 4.36. The van der Waals surface area contributed by atoms with Gasteiger partial charge in [-0.05, 0) is 7.05 Å². The smallest absolute Gasteiger partial charge is 0.339 e. The van der Waals surface area contributed by atoms with Crippen LogP contribution >= 0.6 is 12.4 Å². The molecule has 0 spiro atoms. The lowest BCUT2D eigenvalue weighted by Crippen LogP contribution is -2.44. The normalized spacial score (nSPS) is 21.2. The number of hydrogen-bond acceptors (Lipinski definition) is 5. The highest BCUT2D eigenvalue weighted by Gasteiger charge is 2.29. The van der Waals surface area contributed by atoms with E-state index in [4.69, 9.17) is 4.52 Å². The molecule has 0 amide bonds. The molecule has 2 heterocycles. The molecule has 1 aliphatic heterocycles. The van der Waals surface area contributed by atoms with Crippen molar-refractivity contribution in [1.29, 1.82) is 0 Å². The van der Waals surface area contributed by atoms with Crippen LogP contribution in [0.4, 0.5) is 13.2 Å². The van der Waals surface area contributed by atoms with Crippen LogP contribution in [0, 0.1) is 0 Å². The topological polar surface area (TPSA) is 54.2 Å². The van der Waals surface area contributed by atoms with Crippen molar-refractivity contribution in [3.05, 3.63) is 11.7 Å². The van der Waals surface area contributed by atoms with E-state index in [0.717, 1.165) is 13.1 Å². The zero-order chi connectivity index (χ0) is 13.2. The summed E-state index contributed by atoms with van der Waals surface area (Å²) in [5.41, 5.74) is 0. The number of rotatable bonds is 3. The lowest BCUT2D eigenvalue weighted by atomic mass is 10.2. The third kappa shape index (κ3) is 4.63. The first-order chi connectivity index (χ1) is 8.46. The Labute approximate surface area is 114 Å². The van der Waals surface area contributed by atoms with Crippen molar-refractivity contribution in [2.75, 3.05) is 26.7 Å². The van der Waals surface area contributed by atoms with Crippen molar-refractivity contribution in [3.8, 4) is 0 Å². The highest BCUT2D eigenvalue weighted by Crippen LogP contribution is 2.23. The van der Waals surface area contributed by atoms with Gasteiger partial charge in [0.15, 0.2) is 5.82 Å². The molecule has 5 nitrogen and oxygen atoms in total. The molecule has 1 unspecified atom stereocenters. The van der Waals surface area contributed by atoms with Crippen molar-refractivity contribution >= 4 is 12.4 Å². The van der Waals surface area contributed by atoms with Crippen LogP contribution in [0.5, 0.6) is 0 Å². The monoisotopic (exact) mass is 300 g/mol. The summed E-state index contributed by atoms with van der Waals surface area (Å²) >= 11 is 0. The quantitative estimate of drug-likeness (QED) is 0.918. The zero-order valence-corrected chi connectivity index (χ0v) is 11.2. The van der Waals surface area contributed by atoms with Crippen molar-refractivity contribution < 1.29 is 17.7 Å². The van der Waals surface area contributed by atoms with Gasteiger partial charge >= 0.3 is 6.18 Å². The Bertz CT molecular complexity index is 398. The Hall–Kier alpha value is -0.860. The number of alkyl halides is 3. The van der Waals surface area contributed by atoms with E-state index in [1.165, 1.54) is 0 Å². The van der Waals surface area contributed by atoms with Crippen molar-refractivity contribution in [2.24, 2.45) is 0 Å². The lowest BCUT2D eigenvalue weighted by molar-refractivity contribution is -0.134. The van der Waals surface area contributed by atoms with Crippen molar-refractivity contribution in [1.82, 2.24) is 20.4 Å². The number of hydrogen-bond donors (Lipinski definition) is 1. The molecular formula is C10H16ClF3N4O. The molecule has 0 aliphatic carbocycles. The summed E-state index contributed by atoms with van der Waals surface area (Å²) in [5, 5.41) is 6.94. The Kier molecular flexibility index (Phi) is 5.57. The fourth-order valence-corrected chi connectivity index (χ4v) is 1.85. The SMILES string of the molecule is CN1CCNCC1c1noc(CCC(F)(F)F)n1.Cl. The highest BCUT2D eigenvalue weighted by molar-refractivity contribution is 5.85. The molecule has 2 rings (SSSR count). The van der Waals surface area contributed by atoms with Crippen LogP contribution in [-0.2, 0) is 6.42 Å². The largest absolute Gasteiger partial charge is 0.389 e. The lowest BCUT2D eigenvalue weighted by Gasteiger charge is -2.30.